The Balaban J connectivity index is 0.00000361. The van der Waals surface area contributed by atoms with Gasteiger partial charge in [-0.05, 0) is 25.5 Å². The van der Waals surface area contributed by atoms with Gasteiger partial charge in [-0.2, -0.15) is 0 Å². The van der Waals surface area contributed by atoms with Crippen LogP contribution in [-0.4, -0.2) is 30.5 Å². The topological polar surface area (TPSA) is 107 Å². The minimum absolute atomic E-state index is 0. The number of carbonyl (C=O) groups excluding carboxylic acids is 1. The van der Waals surface area contributed by atoms with Crippen LogP contribution >= 0.6 is 12.4 Å². The molecule has 0 radical (unpaired) electrons. The van der Waals surface area contributed by atoms with Gasteiger partial charge in [0.15, 0.2) is 12.4 Å². The summed E-state index contributed by atoms with van der Waals surface area (Å²) in [4.78, 5) is 21.6. The Kier molecular flexibility index (Phi) is 9.06. The standard InChI is InChI=1S/C12H17N3O4.ClH/c13-7-3-4-8-14-12(16)9-19-11-6-2-1-5-10(11)15(17)18;/h1-2,5-6H,3-4,7-9,13H2,(H,14,16);1H. The number of unbranched alkanes of at least 4 members (excludes halogenated alkanes) is 1. The van der Waals surface area contributed by atoms with Crippen LogP contribution in [0.1, 0.15) is 12.8 Å². The smallest absolute Gasteiger partial charge is 0.310 e. The average Bonchev–Trinajstić information content (AvgIpc) is 2.41. The number of hydrogen-bond acceptors (Lipinski definition) is 5. The third-order valence-corrected chi connectivity index (χ3v) is 2.37. The molecule has 0 aromatic heterocycles. The van der Waals surface area contributed by atoms with Crippen LogP contribution in [0.25, 0.3) is 0 Å². The zero-order chi connectivity index (χ0) is 14.1. The molecule has 0 aliphatic carbocycles. The van der Waals surface area contributed by atoms with E-state index in [2.05, 4.69) is 5.32 Å². The number of ether oxygens (including phenoxy) is 1. The van der Waals surface area contributed by atoms with Gasteiger partial charge in [-0.15, -0.1) is 12.4 Å². The molecule has 1 aromatic carbocycles. The number of nitrogens with two attached hydrogens (primary N) is 1. The number of nitro groups is 1. The summed E-state index contributed by atoms with van der Waals surface area (Å²) in [6.45, 7) is 0.867. The number of carbonyl (C=O) groups is 1. The Labute approximate surface area is 123 Å². The predicted octanol–water partition coefficient (Wildman–Crippen LogP) is 1.25. The highest BCUT2D eigenvalue weighted by molar-refractivity contribution is 5.85. The van der Waals surface area contributed by atoms with Crippen molar-refractivity contribution in [3.8, 4) is 5.75 Å². The van der Waals surface area contributed by atoms with Crippen molar-refractivity contribution in [1.82, 2.24) is 5.32 Å². The maximum atomic E-state index is 11.4. The third kappa shape index (κ3) is 6.35. The molecule has 1 rings (SSSR count). The lowest BCUT2D eigenvalue weighted by atomic mass is 10.3. The van der Waals surface area contributed by atoms with Crippen LogP contribution in [0.3, 0.4) is 0 Å². The van der Waals surface area contributed by atoms with Crippen LogP contribution in [0.15, 0.2) is 24.3 Å². The first-order chi connectivity index (χ1) is 9.15. The quantitative estimate of drug-likeness (QED) is 0.427. The summed E-state index contributed by atoms with van der Waals surface area (Å²) >= 11 is 0. The first-order valence-electron chi connectivity index (χ1n) is 5.98. The van der Waals surface area contributed by atoms with Crippen molar-refractivity contribution >= 4 is 24.0 Å². The second kappa shape index (κ2) is 9.99. The Morgan fingerprint density at radius 2 is 2.05 bits per heavy atom. The van der Waals surface area contributed by atoms with Crippen LogP contribution in [0, 0.1) is 10.1 Å². The van der Waals surface area contributed by atoms with Gasteiger partial charge in [0.2, 0.25) is 0 Å². The number of nitro benzene ring substituents is 1. The summed E-state index contributed by atoms with van der Waals surface area (Å²) < 4.78 is 5.14. The van der Waals surface area contributed by atoms with Gasteiger partial charge in [-0.25, -0.2) is 0 Å². The lowest BCUT2D eigenvalue weighted by Gasteiger charge is -2.07. The van der Waals surface area contributed by atoms with Gasteiger partial charge in [0.1, 0.15) is 0 Å². The van der Waals surface area contributed by atoms with Crippen LogP contribution in [0.2, 0.25) is 0 Å². The highest BCUT2D eigenvalue weighted by Gasteiger charge is 2.14. The van der Waals surface area contributed by atoms with Gasteiger partial charge in [0, 0.05) is 12.6 Å². The molecule has 8 heteroatoms. The van der Waals surface area contributed by atoms with Crippen LogP contribution in [-0.2, 0) is 4.79 Å². The molecule has 0 atom stereocenters. The first kappa shape index (κ1) is 18.1. The maximum absolute atomic E-state index is 11.4. The molecule has 0 aliphatic heterocycles. The Bertz CT molecular complexity index is 442. The highest BCUT2D eigenvalue weighted by atomic mass is 35.5. The van der Waals surface area contributed by atoms with E-state index in [-0.39, 0.29) is 36.4 Å². The molecule has 7 nitrogen and oxygen atoms in total. The van der Waals surface area contributed by atoms with E-state index in [1.807, 2.05) is 0 Å². The molecule has 1 aromatic rings. The normalized spacial score (nSPS) is 9.45. The zero-order valence-corrected chi connectivity index (χ0v) is 11.7. The molecule has 0 unspecified atom stereocenters. The van der Waals surface area contributed by atoms with Gasteiger partial charge in [0.25, 0.3) is 5.91 Å². The number of rotatable bonds is 8. The predicted molar refractivity (Wildman–Crippen MR) is 77.1 cm³/mol. The minimum atomic E-state index is -0.547. The van der Waals surface area contributed by atoms with E-state index in [9.17, 15) is 14.9 Å². The van der Waals surface area contributed by atoms with E-state index < -0.39 is 4.92 Å². The fraction of sp³-hybridized carbons (Fsp3) is 0.417. The number of nitrogens with one attached hydrogen (secondary N) is 1. The van der Waals surface area contributed by atoms with Gasteiger partial charge < -0.3 is 15.8 Å². The molecule has 112 valence electrons. The molecule has 0 saturated carbocycles. The number of benzene rings is 1. The lowest BCUT2D eigenvalue weighted by Crippen LogP contribution is -2.30. The van der Waals surface area contributed by atoms with Crippen molar-refractivity contribution in [2.24, 2.45) is 5.73 Å². The Hall–Kier alpha value is -1.86. The second-order valence-electron chi connectivity index (χ2n) is 3.86. The molecular weight excluding hydrogens is 286 g/mol. The van der Waals surface area contributed by atoms with E-state index in [0.29, 0.717) is 13.1 Å². The third-order valence-electron chi connectivity index (χ3n) is 2.37. The second-order valence-corrected chi connectivity index (χ2v) is 3.86. The zero-order valence-electron chi connectivity index (χ0n) is 10.9. The summed E-state index contributed by atoms with van der Waals surface area (Å²) in [6, 6.07) is 5.94. The van der Waals surface area contributed by atoms with Crippen molar-refractivity contribution in [2.45, 2.75) is 12.8 Å². The molecule has 0 fully saturated rings. The number of hydrogen-bond donors (Lipinski definition) is 2. The molecule has 0 spiro atoms. The molecule has 0 heterocycles. The van der Waals surface area contributed by atoms with Crippen LogP contribution in [0.5, 0.6) is 5.75 Å². The molecule has 0 saturated heterocycles. The van der Waals surface area contributed by atoms with Crippen molar-refractivity contribution < 1.29 is 14.5 Å². The minimum Gasteiger partial charge on any atom is -0.477 e. The number of para-hydroxylation sites is 2. The summed E-state index contributed by atoms with van der Waals surface area (Å²) in [5.41, 5.74) is 5.17. The summed E-state index contributed by atoms with van der Waals surface area (Å²) in [5.74, 6) is -0.222. The number of amides is 1. The van der Waals surface area contributed by atoms with E-state index in [0.717, 1.165) is 12.8 Å². The van der Waals surface area contributed by atoms with Crippen molar-refractivity contribution in [1.29, 1.82) is 0 Å². The van der Waals surface area contributed by atoms with E-state index >= 15 is 0 Å². The van der Waals surface area contributed by atoms with Crippen molar-refractivity contribution in [2.75, 3.05) is 19.7 Å². The summed E-state index contributed by atoms with van der Waals surface area (Å²) in [7, 11) is 0. The van der Waals surface area contributed by atoms with E-state index in [1.165, 1.54) is 18.2 Å². The van der Waals surface area contributed by atoms with E-state index in [4.69, 9.17) is 10.5 Å². The van der Waals surface area contributed by atoms with Crippen molar-refractivity contribution in [3.63, 3.8) is 0 Å². The fourth-order valence-corrected chi connectivity index (χ4v) is 1.42. The molecule has 3 N–H and O–H groups in total. The SMILES string of the molecule is Cl.NCCCCNC(=O)COc1ccccc1[N+](=O)[O-]. The van der Waals surface area contributed by atoms with Gasteiger partial charge in [0.05, 0.1) is 4.92 Å². The molecule has 20 heavy (non-hydrogen) atoms. The van der Waals surface area contributed by atoms with Crippen LogP contribution in [0.4, 0.5) is 5.69 Å². The monoisotopic (exact) mass is 303 g/mol. The Morgan fingerprint density at radius 3 is 2.70 bits per heavy atom. The average molecular weight is 304 g/mol. The van der Waals surface area contributed by atoms with Gasteiger partial charge in [-0.3, -0.25) is 14.9 Å². The maximum Gasteiger partial charge on any atom is 0.310 e. The van der Waals surface area contributed by atoms with Crippen molar-refractivity contribution in [3.05, 3.63) is 34.4 Å². The molecule has 0 aliphatic rings. The molecular formula is C12H18ClN3O4. The fourth-order valence-electron chi connectivity index (χ4n) is 1.42. The van der Waals surface area contributed by atoms with Gasteiger partial charge in [-0.1, -0.05) is 12.1 Å². The van der Waals surface area contributed by atoms with Crippen LogP contribution < -0.4 is 15.8 Å². The van der Waals surface area contributed by atoms with E-state index in [1.54, 1.807) is 6.07 Å². The largest absolute Gasteiger partial charge is 0.477 e. The summed E-state index contributed by atoms with van der Waals surface area (Å²) in [5, 5.41) is 13.4. The number of halogens is 1. The highest BCUT2D eigenvalue weighted by Crippen LogP contribution is 2.25. The summed E-state index contributed by atoms with van der Waals surface area (Å²) in [6.07, 6.45) is 1.64. The van der Waals surface area contributed by atoms with Gasteiger partial charge >= 0.3 is 5.69 Å². The molecule has 1 amide bonds. The lowest BCUT2D eigenvalue weighted by molar-refractivity contribution is -0.385. The Morgan fingerprint density at radius 1 is 1.35 bits per heavy atom. The molecule has 0 bridgehead atoms. The number of nitrogens with zero attached hydrogens (tertiary/aromatic N) is 1. The first-order valence-corrected chi connectivity index (χ1v) is 5.98.